The van der Waals surface area contributed by atoms with E-state index in [4.69, 9.17) is 0 Å². The van der Waals surface area contributed by atoms with Crippen LogP contribution < -0.4 is 10.6 Å². The standard InChI is InChI=1S/C22H21F3N2OS/c1-2-15-9-11-16(12-10-15)21(19-8-5-13-29-19)26-14-20(28)27-18-7-4-3-6-17(18)22(23,24)25/h3-13,21,26H,2,14H2,1H3,(H,27,28)/t21-/m0/s1. The maximum absolute atomic E-state index is 13.1. The van der Waals surface area contributed by atoms with Crippen molar-refractivity contribution in [3.05, 3.63) is 87.6 Å². The van der Waals surface area contributed by atoms with Gasteiger partial charge in [-0.15, -0.1) is 11.3 Å². The Morgan fingerprint density at radius 3 is 2.38 bits per heavy atom. The van der Waals surface area contributed by atoms with E-state index in [1.165, 1.54) is 23.8 Å². The molecule has 0 saturated heterocycles. The molecule has 29 heavy (non-hydrogen) atoms. The molecule has 1 heterocycles. The van der Waals surface area contributed by atoms with Crippen molar-refractivity contribution in [1.82, 2.24) is 5.32 Å². The van der Waals surface area contributed by atoms with Gasteiger partial charge in [-0.25, -0.2) is 0 Å². The molecule has 152 valence electrons. The molecule has 0 fully saturated rings. The van der Waals surface area contributed by atoms with Crippen molar-refractivity contribution in [2.75, 3.05) is 11.9 Å². The minimum Gasteiger partial charge on any atom is -0.324 e. The van der Waals surface area contributed by atoms with Crippen LogP contribution in [-0.4, -0.2) is 12.5 Å². The van der Waals surface area contributed by atoms with Crippen molar-refractivity contribution in [2.45, 2.75) is 25.6 Å². The van der Waals surface area contributed by atoms with Crippen LogP contribution in [0.4, 0.5) is 18.9 Å². The van der Waals surface area contributed by atoms with Crippen LogP contribution in [0.15, 0.2) is 66.0 Å². The van der Waals surface area contributed by atoms with Crippen LogP contribution in [0.5, 0.6) is 0 Å². The lowest BCUT2D eigenvalue weighted by molar-refractivity contribution is -0.137. The summed E-state index contributed by atoms with van der Waals surface area (Å²) >= 11 is 1.55. The van der Waals surface area contributed by atoms with Gasteiger partial charge in [0.15, 0.2) is 0 Å². The third-order valence-electron chi connectivity index (χ3n) is 4.52. The molecule has 0 bridgehead atoms. The van der Waals surface area contributed by atoms with E-state index < -0.39 is 17.6 Å². The average molecular weight is 418 g/mol. The highest BCUT2D eigenvalue weighted by Crippen LogP contribution is 2.34. The van der Waals surface area contributed by atoms with Crippen LogP contribution in [0.3, 0.4) is 0 Å². The minimum absolute atomic E-state index is 0.121. The van der Waals surface area contributed by atoms with Crippen molar-refractivity contribution in [1.29, 1.82) is 0 Å². The number of nitrogens with one attached hydrogen (secondary N) is 2. The van der Waals surface area contributed by atoms with Gasteiger partial charge in [-0.3, -0.25) is 10.1 Å². The summed E-state index contributed by atoms with van der Waals surface area (Å²) in [6.07, 6.45) is -3.60. The molecule has 0 unspecified atom stereocenters. The quantitative estimate of drug-likeness (QED) is 0.521. The molecule has 1 amide bonds. The van der Waals surface area contributed by atoms with Gasteiger partial charge in [0.05, 0.1) is 23.8 Å². The number of anilines is 1. The van der Waals surface area contributed by atoms with E-state index in [1.54, 1.807) is 11.3 Å². The highest BCUT2D eigenvalue weighted by Gasteiger charge is 2.33. The molecule has 0 spiro atoms. The number of carbonyl (C=O) groups is 1. The van der Waals surface area contributed by atoms with E-state index in [-0.39, 0.29) is 18.3 Å². The topological polar surface area (TPSA) is 41.1 Å². The largest absolute Gasteiger partial charge is 0.418 e. The molecule has 0 radical (unpaired) electrons. The lowest BCUT2D eigenvalue weighted by atomic mass is 10.0. The number of aryl methyl sites for hydroxylation is 1. The molecular formula is C22H21F3N2OS. The van der Waals surface area contributed by atoms with Crippen LogP contribution in [0.25, 0.3) is 0 Å². The summed E-state index contributed by atoms with van der Waals surface area (Å²) in [7, 11) is 0. The van der Waals surface area contributed by atoms with Crippen molar-refractivity contribution >= 4 is 22.9 Å². The minimum atomic E-state index is -4.53. The number of amides is 1. The number of alkyl halides is 3. The molecule has 2 N–H and O–H groups in total. The smallest absolute Gasteiger partial charge is 0.324 e. The van der Waals surface area contributed by atoms with E-state index in [0.29, 0.717) is 0 Å². The molecule has 2 aromatic carbocycles. The van der Waals surface area contributed by atoms with E-state index in [2.05, 4.69) is 17.6 Å². The molecule has 3 nitrogen and oxygen atoms in total. The van der Waals surface area contributed by atoms with Gasteiger partial charge in [-0.1, -0.05) is 49.4 Å². The van der Waals surface area contributed by atoms with Crippen molar-refractivity contribution in [3.8, 4) is 0 Å². The summed E-state index contributed by atoms with van der Waals surface area (Å²) in [6, 6.07) is 16.7. The zero-order valence-electron chi connectivity index (χ0n) is 15.8. The number of hydrogen-bond donors (Lipinski definition) is 2. The van der Waals surface area contributed by atoms with Crippen LogP contribution >= 0.6 is 11.3 Å². The summed E-state index contributed by atoms with van der Waals surface area (Å²) in [4.78, 5) is 13.4. The molecular weight excluding hydrogens is 397 g/mol. The highest BCUT2D eigenvalue weighted by molar-refractivity contribution is 7.10. The van der Waals surface area contributed by atoms with E-state index in [0.717, 1.165) is 22.9 Å². The first-order valence-corrected chi connectivity index (χ1v) is 10.1. The molecule has 1 atom stereocenters. The number of thiophene rings is 1. The first-order chi connectivity index (χ1) is 13.9. The van der Waals surface area contributed by atoms with Gasteiger partial charge in [0, 0.05) is 4.88 Å². The van der Waals surface area contributed by atoms with Crippen LogP contribution in [0, 0.1) is 0 Å². The third kappa shape index (κ3) is 5.46. The Morgan fingerprint density at radius 2 is 1.76 bits per heavy atom. The predicted molar refractivity (Wildman–Crippen MR) is 110 cm³/mol. The molecule has 3 aromatic rings. The summed E-state index contributed by atoms with van der Waals surface area (Å²) in [5, 5.41) is 7.49. The zero-order chi connectivity index (χ0) is 20.9. The van der Waals surface area contributed by atoms with Crippen LogP contribution in [0.1, 0.15) is 34.5 Å². The lowest BCUT2D eigenvalue weighted by Crippen LogP contribution is -2.32. The Labute approximate surface area is 171 Å². The Balaban J connectivity index is 1.72. The molecule has 0 aliphatic rings. The summed E-state index contributed by atoms with van der Waals surface area (Å²) < 4.78 is 39.3. The Bertz CT molecular complexity index is 937. The van der Waals surface area contributed by atoms with Gasteiger partial charge in [0.25, 0.3) is 0 Å². The van der Waals surface area contributed by atoms with E-state index in [1.807, 2.05) is 41.8 Å². The molecule has 0 aliphatic heterocycles. The fourth-order valence-electron chi connectivity index (χ4n) is 3.01. The fourth-order valence-corrected chi connectivity index (χ4v) is 3.84. The lowest BCUT2D eigenvalue weighted by Gasteiger charge is -2.19. The van der Waals surface area contributed by atoms with Crippen molar-refractivity contribution < 1.29 is 18.0 Å². The highest BCUT2D eigenvalue weighted by atomic mass is 32.1. The monoisotopic (exact) mass is 418 g/mol. The third-order valence-corrected chi connectivity index (χ3v) is 5.46. The average Bonchev–Trinajstić information content (AvgIpc) is 3.23. The van der Waals surface area contributed by atoms with Gasteiger partial charge in [-0.05, 0) is 41.1 Å². The molecule has 0 saturated carbocycles. The van der Waals surface area contributed by atoms with Gasteiger partial charge in [-0.2, -0.15) is 13.2 Å². The summed E-state index contributed by atoms with van der Waals surface area (Å²) in [6.45, 7) is 1.96. The molecule has 0 aliphatic carbocycles. The van der Waals surface area contributed by atoms with Gasteiger partial charge >= 0.3 is 6.18 Å². The SMILES string of the molecule is CCc1ccc([C@H](NCC(=O)Nc2ccccc2C(F)(F)F)c2cccs2)cc1. The second-order valence-corrected chi connectivity index (χ2v) is 7.50. The van der Waals surface area contributed by atoms with Gasteiger partial charge < -0.3 is 5.32 Å². The number of benzene rings is 2. The normalized spacial score (nSPS) is 12.6. The van der Waals surface area contributed by atoms with Crippen molar-refractivity contribution in [3.63, 3.8) is 0 Å². The summed E-state index contributed by atoms with van der Waals surface area (Å²) in [5.74, 6) is -0.534. The number of rotatable bonds is 7. The van der Waals surface area contributed by atoms with E-state index in [9.17, 15) is 18.0 Å². The maximum Gasteiger partial charge on any atom is 0.418 e. The number of carbonyl (C=O) groups excluding carboxylic acids is 1. The fraction of sp³-hybridized carbons (Fsp3) is 0.227. The van der Waals surface area contributed by atoms with E-state index >= 15 is 0 Å². The second-order valence-electron chi connectivity index (χ2n) is 6.52. The van der Waals surface area contributed by atoms with Gasteiger partial charge in [0.1, 0.15) is 0 Å². The Kier molecular flexibility index (Phi) is 6.71. The Morgan fingerprint density at radius 1 is 1.03 bits per heavy atom. The first kappa shape index (κ1) is 21.1. The molecule has 3 rings (SSSR count). The number of hydrogen-bond acceptors (Lipinski definition) is 3. The van der Waals surface area contributed by atoms with Gasteiger partial charge in [0.2, 0.25) is 5.91 Å². The van der Waals surface area contributed by atoms with Crippen LogP contribution in [-0.2, 0) is 17.4 Å². The van der Waals surface area contributed by atoms with Crippen LogP contribution in [0.2, 0.25) is 0 Å². The maximum atomic E-state index is 13.1. The second kappa shape index (κ2) is 9.24. The number of halogens is 3. The first-order valence-electron chi connectivity index (χ1n) is 9.20. The predicted octanol–water partition coefficient (Wildman–Crippen LogP) is 5.65. The summed E-state index contributed by atoms with van der Waals surface area (Å²) in [5.41, 5.74) is 1.10. The van der Waals surface area contributed by atoms with Crippen molar-refractivity contribution in [2.24, 2.45) is 0 Å². The molecule has 7 heteroatoms. The Hall–Kier alpha value is -2.64. The number of para-hydroxylation sites is 1. The zero-order valence-corrected chi connectivity index (χ0v) is 16.6. The molecule has 1 aromatic heterocycles.